The average Bonchev–Trinajstić information content (AvgIpc) is 3.40. The van der Waals surface area contributed by atoms with Crippen LogP contribution in [0.3, 0.4) is 0 Å². The number of likely N-dealkylation sites (tertiary alicyclic amines) is 1. The van der Waals surface area contributed by atoms with Crippen molar-refractivity contribution in [2.24, 2.45) is 0 Å². The fourth-order valence-corrected chi connectivity index (χ4v) is 7.29. The number of imidazole rings is 1. The van der Waals surface area contributed by atoms with Gasteiger partial charge in [0, 0.05) is 43.8 Å². The van der Waals surface area contributed by atoms with E-state index in [1.54, 1.807) is 22.8 Å². The van der Waals surface area contributed by atoms with E-state index in [1.807, 2.05) is 17.0 Å². The fraction of sp³-hybridized carbons (Fsp3) is 0.419. The molecule has 0 aliphatic carbocycles. The molecule has 7 rings (SSSR count). The third kappa shape index (κ3) is 4.56. The molecule has 3 aliphatic rings. The third-order valence-corrected chi connectivity index (χ3v) is 9.26. The number of rotatable bonds is 4. The van der Waals surface area contributed by atoms with E-state index in [2.05, 4.69) is 27.3 Å². The van der Waals surface area contributed by atoms with E-state index in [-0.39, 0.29) is 35.1 Å². The summed E-state index contributed by atoms with van der Waals surface area (Å²) in [5, 5.41) is 5.27. The summed E-state index contributed by atoms with van der Waals surface area (Å²) >= 11 is 0. The van der Waals surface area contributed by atoms with Crippen molar-refractivity contribution < 1.29 is 13.6 Å². The normalized spacial score (nSPS) is 23.8. The molecule has 4 aromatic rings. The summed E-state index contributed by atoms with van der Waals surface area (Å²) in [5.74, 6) is -0.646. The molecule has 3 atom stereocenters. The van der Waals surface area contributed by atoms with Crippen molar-refractivity contribution in [3.63, 3.8) is 0 Å². The summed E-state index contributed by atoms with van der Waals surface area (Å²) in [7, 11) is 0. The Morgan fingerprint density at radius 3 is 2.40 bits per heavy atom. The van der Waals surface area contributed by atoms with Crippen LogP contribution < -0.4 is 11.0 Å². The summed E-state index contributed by atoms with van der Waals surface area (Å²) < 4.78 is 29.3. The minimum atomic E-state index is -0.431. The predicted octanol–water partition coefficient (Wildman–Crippen LogP) is 5.30. The molecule has 0 spiro atoms. The topological polar surface area (TPSA) is 73.4 Å². The Hall–Kier alpha value is -3.72. The number of halogens is 2. The van der Waals surface area contributed by atoms with Gasteiger partial charge in [-0.2, -0.15) is 0 Å². The van der Waals surface area contributed by atoms with Gasteiger partial charge in [0.05, 0.1) is 5.52 Å². The number of carbonyl (C=O) groups is 1. The van der Waals surface area contributed by atoms with Crippen molar-refractivity contribution in [2.45, 2.75) is 69.2 Å². The molecule has 2 N–H and O–H groups in total. The van der Waals surface area contributed by atoms with E-state index in [1.165, 1.54) is 17.7 Å². The Morgan fingerprint density at radius 1 is 0.900 bits per heavy atom. The molecule has 4 heterocycles. The van der Waals surface area contributed by atoms with E-state index < -0.39 is 5.82 Å². The highest BCUT2D eigenvalue weighted by Gasteiger charge is 2.41. The first kappa shape index (κ1) is 25.3. The molecule has 0 radical (unpaired) electrons. The number of hydrogen-bond donors (Lipinski definition) is 2. The molecule has 1 unspecified atom stereocenters. The zero-order chi connectivity index (χ0) is 27.4. The van der Waals surface area contributed by atoms with Gasteiger partial charge in [0.15, 0.2) is 0 Å². The first-order valence-electron chi connectivity index (χ1n) is 14.3. The molecule has 0 saturated carbocycles. The second kappa shape index (κ2) is 10.0. The summed E-state index contributed by atoms with van der Waals surface area (Å²) in [6, 6.07) is 16.8. The van der Waals surface area contributed by atoms with Gasteiger partial charge in [-0.3, -0.25) is 9.47 Å². The summed E-state index contributed by atoms with van der Waals surface area (Å²) in [5.41, 5.74) is 1.75. The van der Waals surface area contributed by atoms with Crippen LogP contribution in [-0.4, -0.2) is 56.6 Å². The van der Waals surface area contributed by atoms with Gasteiger partial charge in [-0.15, -0.1) is 0 Å². The van der Waals surface area contributed by atoms with Gasteiger partial charge in [-0.25, -0.2) is 18.4 Å². The molecule has 3 aromatic carbocycles. The highest BCUT2D eigenvalue weighted by Crippen LogP contribution is 2.37. The van der Waals surface area contributed by atoms with Crippen molar-refractivity contribution in [3.05, 3.63) is 82.3 Å². The Balaban J connectivity index is 0.953. The third-order valence-electron chi connectivity index (χ3n) is 9.26. The lowest BCUT2D eigenvalue weighted by Crippen LogP contribution is -2.53. The molecule has 3 fully saturated rings. The zero-order valence-electron chi connectivity index (χ0n) is 22.3. The molecule has 7 nitrogen and oxygen atoms in total. The highest BCUT2D eigenvalue weighted by molar-refractivity contribution is 5.83. The Morgan fingerprint density at radius 2 is 1.62 bits per heavy atom. The SMILES string of the molecule is O=C(NC1C[C@H]2CC[C@@H](C1)N2Cc1ccc2cc(F)ccc2c1)N1CCC(n2c(=O)[nH]c3c(F)cccc32)CC1. The van der Waals surface area contributed by atoms with Gasteiger partial charge in [-0.05, 0) is 85.2 Å². The number of carbonyl (C=O) groups excluding carboxylic acids is 1. The maximum absolute atomic E-state index is 14.1. The summed E-state index contributed by atoms with van der Waals surface area (Å²) in [6.45, 7) is 1.99. The first-order valence-corrected chi connectivity index (χ1v) is 14.3. The Kier molecular flexibility index (Phi) is 6.34. The number of piperidine rings is 2. The van der Waals surface area contributed by atoms with Crippen LogP contribution in [0, 0.1) is 11.6 Å². The summed E-state index contributed by atoms with van der Waals surface area (Å²) in [6.07, 6.45) is 5.46. The number of amides is 2. The molecular formula is C31H33F2N5O2. The van der Waals surface area contributed by atoms with Crippen LogP contribution in [0.1, 0.15) is 50.1 Å². The number of nitrogens with zero attached hydrogens (tertiary/aromatic N) is 3. The van der Waals surface area contributed by atoms with Gasteiger partial charge in [0.25, 0.3) is 0 Å². The van der Waals surface area contributed by atoms with E-state index in [0.29, 0.717) is 43.5 Å². The first-order chi connectivity index (χ1) is 19.4. The predicted molar refractivity (Wildman–Crippen MR) is 150 cm³/mol. The van der Waals surface area contributed by atoms with Crippen molar-refractivity contribution in [1.29, 1.82) is 0 Å². The fourth-order valence-electron chi connectivity index (χ4n) is 7.29. The zero-order valence-corrected chi connectivity index (χ0v) is 22.3. The molecule has 2 bridgehead atoms. The number of hydrogen-bond acceptors (Lipinski definition) is 3. The van der Waals surface area contributed by atoms with Crippen molar-refractivity contribution in [3.8, 4) is 0 Å². The van der Waals surface area contributed by atoms with E-state index in [4.69, 9.17) is 0 Å². The lowest BCUT2D eigenvalue weighted by molar-refractivity contribution is 0.105. The number of urea groups is 1. The van der Waals surface area contributed by atoms with Crippen LogP contribution in [0.25, 0.3) is 21.8 Å². The van der Waals surface area contributed by atoms with Crippen molar-refractivity contribution >= 4 is 27.8 Å². The second-order valence-electron chi connectivity index (χ2n) is 11.7. The van der Waals surface area contributed by atoms with Gasteiger partial charge in [0.1, 0.15) is 17.2 Å². The standard InChI is InChI=1S/C31H33F2N5O2/c32-22-7-6-20-14-19(4-5-21(20)15-22)18-37-25-8-9-26(37)17-23(16-25)34-30(39)36-12-10-24(11-13-36)38-28-3-1-2-27(33)29(28)35-31(38)40/h1-7,14-15,23-26H,8-13,16-18H2,(H,34,39)(H,35,40)/t23?,25-,26+. The molecule has 3 saturated heterocycles. The Bertz CT molecular complexity index is 1630. The smallest absolute Gasteiger partial charge is 0.326 e. The maximum Gasteiger partial charge on any atom is 0.326 e. The summed E-state index contributed by atoms with van der Waals surface area (Å²) in [4.78, 5) is 32.8. The molecule has 2 amide bonds. The van der Waals surface area contributed by atoms with Gasteiger partial charge >= 0.3 is 11.7 Å². The van der Waals surface area contributed by atoms with Crippen molar-refractivity contribution in [2.75, 3.05) is 13.1 Å². The van der Waals surface area contributed by atoms with Crippen LogP contribution in [0.4, 0.5) is 13.6 Å². The van der Waals surface area contributed by atoms with Gasteiger partial charge in [0.2, 0.25) is 0 Å². The number of aromatic nitrogens is 2. The number of H-pyrrole nitrogens is 1. The van der Waals surface area contributed by atoms with E-state index >= 15 is 0 Å². The van der Waals surface area contributed by atoms with Crippen LogP contribution >= 0.6 is 0 Å². The quantitative estimate of drug-likeness (QED) is 0.366. The van der Waals surface area contributed by atoms with Gasteiger partial charge in [-0.1, -0.05) is 24.3 Å². The van der Waals surface area contributed by atoms with Crippen LogP contribution in [0.5, 0.6) is 0 Å². The molecular weight excluding hydrogens is 512 g/mol. The highest BCUT2D eigenvalue weighted by atomic mass is 19.1. The largest absolute Gasteiger partial charge is 0.335 e. The number of fused-ring (bicyclic) bond motifs is 4. The van der Waals surface area contributed by atoms with Crippen LogP contribution in [0.2, 0.25) is 0 Å². The van der Waals surface area contributed by atoms with E-state index in [0.717, 1.165) is 43.0 Å². The minimum absolute atomic E-state index is 0.0321. The Labute approximate surface area is 230 Å². The molecule has 9 heteroatoms. The van der Waals surface area contributed by atoms with E-state index in [9.17, 15) is 18.4 Å². The maximum atomic E-state index is 14.1. The minimum Gasteiger partial charge on any atom is -0.335 e. The van der Waals surface area contributed by atoms with Gasteiger partial charge < -0.3 is 15.2 Å². The molecule has 208 valence electrons. The monoisotopic (exact) mass is 545 g/mol. The molecule has 3 aliphatic heterocycles. The second-order valence-corrected chi connectivity index (χ2v) is 11.7. The van der Waals surface area contributed by atoms with Crippen LogP contribution in [0.15, 0.2) is 59.4 Å². The lowest BCUT2D eigenvalue weighted by atomic mass is 9.96. The molecule has 1 aromatic heterocycles. The van der Waals surface area contributed by atoms with Crippen molar-refractivity contribution in [1.82, 2.24) is 24.7 Å². The average molecular weight is 546 g/mol. The number of benzene rings is 3. The molecule has 40 heavy (non-hydrogen) atoms. The lowest BCUT2D eigenvalue weighted by Gasteiger charge is -2.40. The van der Waals surface area contributed by atoms with Crippen LogP contribution in [-0.2, 0) is 6.54 Å². The number of aromatic amines is 1. The number of nitrogens with one attached hydrogen (secondary N) is 2. The number of para-hydroxylation sites is 1.